The molecule has 29 heavy (non-hydrogen) atoms. The number of fused-ring (bicyclic) bond motifs is 1. The highest BCUT2D eigenvalue weighted by molar-refractivity contribution is 5.74. The molecular weight excluding hydrogens is 384 g/mol. The summed E-state index contributed by atoms with van der Waals surface area (Å²) >= 11 is 0. The average Bonchev–Trinajstić information content (AvgIpc) is 3.21. The van der Waals surface area contributed by atoms with E-state index in [1.165, 1.54) is 4.90 Å². The molecule has 1 amide bonds. The summed E-state index contributed by atoms with van der Waals surface area (Å²) in [6.45, 7) is 7.18. The number of hydrogen-bond donors (Lipinski definition) is 1. The van der Waals surface area contributed by atoms with Gasteiger partial charge in [-0.1, -0.05) is 0 Å². The van der Waals surface area contributed by atoms with Gasteiger partial charge in [0, 0.05) is 11.6 Å². The van der Waals surface area contributed by atoms with Crippen LogP contribution in [0.1, 0.15) is 51.7 Å². The van der Waals surface area contributed by atoms with Crippen molar-refractivity contribution in [2.24, 2.45) is 5.92 Å². The third-order valence-electron chi connectivity index (χ3n) is 5.57. The number of carbonyl (C=O) groups is 2. The van der Waals surface area contributed by atoms with Crippen LogP contribution in [0, 0.1) is 17.6 Å². The van der Waals surface area contributed by atoms with Gasteiger partial charge in [-0.15, -0.1) is 0 Å². The lowest BCUT2D eigenvalue weighted by Gasteiger charge is -2.40. The Labute approximate surface area is 168 Å². The summed E-state index contributed by atoms with van der Waals surface area (Å²) in [6, 6.07) is 0.986. The Morgan fingerprint density at radius 3 is 2.38 bits per heavy atom. The molecule has 1 fully saturated rings. The number of carboxylic acid groups (broad SMARTS) is 1. The molecule has 160 valence electrons. The van der Waals surface area contributed by atoms with Crippen LogP contribution in [0.25, 0.3) is 0 Å². The number of benzene rings is 1. The Hall–Kier alpha value is -2.38. The first-order valence-electron chi connectivity index (χ1n) is 9.82. The Kier molecular flexibility index (Phi) is 5.49. The van der Waals surface area contributed by atoms with Crippen molar-refractivity contribution in [2.45, 2.75) is 64.5 Å². The second-order valence-corrected chi connectivity index (χ2v) is 8.79. The fraction of sp³-hybridized carbons (Fsp3) is 0.619. The minimum absolute atomic E-state index is 0.0580. The summed E-state index contributed by atoms with van der Waals surface area (Å²) in [6.07, 6.45) is 0.268. The van der Waals surface area contributed by atoms with Crippen LogP contribution in [0.2, 0.25) is 0 Å². The van der Waals surface area contributed by atoms with Gasteiger partial charge in [0.1, 0.15) is 12.4 Å². The van der Waals surface area contributed by atoms with Gasteiger partial charge in [-0.25, -0.2) is 13.6 Å². The first kappa shape index (κ1) is 21.3. The molecule has 0 aliphatic heterocycles. The third kappa shape index (κ3) is 4.02. The van der Waals surface area contributed by atoms with Gasteiger partial charge in [-0.3, -0.25) is 9.69 Å². The maximum Gasteiger partial charge on any atom is 0.408 e. The van der Waals surface area contributed by atoms with Gasteiger partial charge in [-0.05, 0) is 64.5 Å². The van der Waals surface area contributed by atoms with Crippen LogP contribution in [0.3, 0.4) is 0 Å². The Balaban J connectivity index is 1.79. The van der Waals surface area contributed by atoms with Crippen molar-refractivity contribution in [1.29, 1.82) is 0 Å². The van der Waals surface area contributed by atoms with Crippen LogP contribution < -0.4 is 4.74 Å². The molecule has 1 aromatic carbocycles. The molecule has 0 aromatic heterocycles. The lowest BCUT2D eigenvalue weighted by Crippen LogP contribution is -2.55. The van der Waals surface area contributed by atoms with Crippen molar-refractivity contribution in [1.82, 2.24) is 4.90 Å². The number of nitrogens with zero attached hydrogens (tertiary/aromatic N) is 1. The maximum absolute atomic E-state index is 15.0. The molecule has 0 spiro atoms. The zero-order valence-electron chi connectivity index (χ0n) is 17.2. The lowest BCUT2D eigenvalue weighted by molar-refractivity contribution is -0.147. The number of rotatable bonds is 6. The van der Waals surface area contributed by atoms with Gasteiger partial charge in [0.2, 0.25) is 0 Å². The molecule has 2 aliphatic rings. The van der Waals surface area contributed by atoms with Crippen LogP contribution in [0.4, 0.5) is 13.6 Å². The fourth-order valence-electron chi connectivity index (χ4n) is 4.21. The van der Waals surface area contributed by atoms with Crippen molar-refractivity contribution in [2.75, 3.05) is 13.2 Å². The van der Waals surface area contributed by atoms with E-state index in [0.29, 0.717) is 12.8 Å². The number of amides is 1. The summed E-state index contributed by atoms with van der Waals surface area (Å²) in [4.78, 5) is 25.1. The first-order chi connectivity index (χ1) is 13.5. The quantitative estimate of drug-likeness (QED) is 0.718. The van der Waals surface area contributed by atoms with E-state index >= 15 is 0 Å². The van der Waals surface area contributed by atoms with Gasteiger partial charge >= 0.3 is 12.1 Å². The van der Waals surface area contributed by atoms with Gasteiger partial charge in [0.15, 0.2) is 11.6 Å². The highest BCUT2D eigenvalue weighted by atomic mass is 19.1. The van der Waals surface area contributed by atoms with Gasteiger partial charge in [0.05, 0.1) is 18.1 Å². The summed E-state index contributed by atoms with van der Waals surface area (Å²) in [5.74, 6) is -2.65. The highest BCUT2D eigenvalue weighted by Gasteiger charge is 2.55. The zero-order valence-corrected chi connectivity index (χ0v) is 17.2. The molecule has 0 bridgehead atoms. The van der Waals surface area contributed by atoms with E-state index in [0.717, 1.165) is 6.07 Å². The van der Waals surface area contributed by atoms with Gasteiger partial charge < -0.3 is 14.6 Å². The molecule has 0 heterocycles. The first-order valence-corrected chi connectivity index (χ1v) is 9.82. The monoisotopic (exact) mass is 411 g/mol. The van der Waals surface area contributed by atoms with Crippen molar-refractivity contribution in [3.8, 4) is 5.75 Å². The molecule has 8 heteroatoms. The summed E-state index contributed by atoms with van der Waals surface area (Å²) in [5.41, 5.74) is -1.09. The Bertz CT molecular complexity index is 829. The van der Waals surface area contributed by atoms with E-state index in [1.54, 1.807) is 27.7 Å². The number of halogens is 2. The highest BCUT2D eigenvalue weighted by Crippen LogP contribution is 2.46. The van der Waals surface area contributed by atoms with Crippen LogP contribution >= 0.6 is 0 Å². The SMILES string of the molecule is CCOC(=O)C1Cc2c(F)cc(OCC3(N(C(=O)O)C(C)(C)C)CC3)c(F)c2C1. The second kappa shape index (κ2) is 7.46. The number of ether oxygens (including phenoxy) is 2. The minimum Gasteiger partial charge on any atom is -0.488 e. The largest absolute Gasteiger partial charge is 0.488 e. The third-order valence-corrected chi connectivity index (χ3v) is 5.57. The molecular formula is C21H27F2NO5. The molecule has 1 unspecified atom stereocenters. The Morgan fingerprint density at radius 2 is 1.86 bits per heavy atom. The number of hydrogen-bond acceptors (Lipinski definition) is 4. The minimum atomic E-state index is -1.07. The van der Waals surface area contributed by atoms with Crippen LogP contribution in [-0.2, 0) is 22.4 Å². The topological polar surface area (TPSA) is 76.1 Å². The van der Waals surface area contributed by atoms with Crippen molar-refractivity contribution in [3.63, 3.8) is 0 Å². The molecule has 1 aromatic rings. The maximum atomic E-state index is 15.0. The standard InChI is InChI=1S/C21H27F2NO5/c1-5-28-18(25)12-8-13-14(9-12)17(23)16(10-15(13)22)29-11-21(6-7-21)24(19(26)27)20(2,3)4/h10,12H,5-9,11H2,1-4H3,(H,26,27). The van der Waals surface area contributed by atoms with Crippen LogP contribution in [-0.4, -0.2) is 46.4 Å². The smallest absolute Gasteiger partial charge is 0.408 e. The number of esters is 1. The van der Waals surface area contributed by atoms with E-state index in [2.05, 4.69) is 0 Å². The molecule has 3 rings (SSSR count). The molecule has 6 nitrogen and oxygen atoms in total. The van der Waals surface area contributed by atoms with Crippen molar-refractivity contribution < 1.29 is 33.0 Å². The van der Waals surface area contributed by atoms with E-state index in [9.17, 15) is 23.5 Å². The molecule has 0 radical (unpaired) electrons. The fourth-order valence-corrected chi connectivity index (χ4v) is 4.21. The average molecular weight is 411 g/mol. The summed E-state index contributed by atoms with van der Waals surface area (Å²) < 4.78 is 40.1. The van der Waals surface area contributed by atoms with Crippen LogP contribution in [0.15, 0.2) is 6.07 Å². The van der Waals surface area contributed by atoms with E-state index in [4.69, 9.17) is 9.47 Å². The second-order valence-electron chi connectivity index (χ2n) is 8.79. The predicted octanol–water partition coefficient (Wildman–Crippen LogP) is 3.93. The summed E-state index contributed by atoms with van der Waals surface area (Å²) in [7, 11) is 0. The van der Waals surface area contributed by atoms with Gasteiger partial charge in [0.25, 0.3) is 0 Å². The zero-order chi connectivity index (χ0) is 21.6. The van der Waals surface area contributed by atoms with E-state index in [-0.39, 0.29) is 42.9 Å². The number of carbonyl (C=O) groups excluding carboxylic acids is 1. The molecule has 0 saturated heterocycles. The predicted molar refractivity (Wildman–Crippen MR) is 101 cm³/mol. The molecule has 1 atom stereocenters. The van der Waals surface area contributed by atoms with Gasteiger partial charge in [-0.2, -0.15) is 0 Å². The van der Waals surface area contributed by atoms with Crippen LogP contribution in [0.5, 0.6) is 5.75 Å². The molecule has 2 aliphatic carbocycles. The normalized spacial score (nSPS) is 19.4. The molecule has 1 N–H and O–H groups in total. The molecule has 1 saturated carbocycles. The summed E-state index contributed by atoms with van der Waals surface area (Å²) in [5, 5.41) is 9.62. The van der Waals surface area contributed by atoms with Crippen molar-refractivity contribution in [3.05, 3.63) is 28.8 Å². The van der Waals surface area contributed by atoms with Crippen molar-refractivity contribution >= 4 is 12.1 Å². The van der Waals surface area contributed by atoms with E-state index in [1.807, 2.05) is 0 Å². The van der Waals surface area contributed by atoms with E-state index < -0.39 is 40.7 Å². The lowest BCUT2D eigenvalue weighted by atomic mass is 10.0. The Morgan fingerprint density at radius 1 is 1.24 bits per heavy atom.